The van der Waals surface area contributed by atoms with E-state index in [1.54, 1.807) is 9.58 Å². The van der Waals surface area contributed by atoms with Crippen LogP contribution in [0, 0.1) is 6.92 Å². The second kappa shape index (κ2) is 11.6. The van der Waals surface area contributed by atoms with Crippen LogP contribution in [0.2, 0.25) is 0 Å². The zero-order valence-corrected chi connectivity index (χ0v) is 25.3. The lowest BCUT2D eigenvalue weighted by Crippen LogP contribution is -2.34. The first-order valence-electron chi connectivity index (χ1n) is 15.5. The minimum atomic E-state index is -0.104. The Bertz CT molecular complexity index is 1670. The maximum atomic E-state index is 14.0. The quantitative estimate of drug-likeness (QED) is 0.352. The first kappa shape index (κ1) is 27.8. The van der Waals surface area contributed by atoms with Crippen molar-refractivity contribution in [3.05, 3.63) is 47.0 Å². The van der Waals surface area contributed by atoms with Gasteiger partial charge in [0.25, 0.3) is 5.91 Å². The third kappa shape index (κ3) is 5.25. The SMILES string of the molecule is Cc1nn(CCN2CCCC2)c2c1/C=C/c1nn(C3CCCCO3)c3ccc(cc13)-c1cnn(C)c1OCCN(C)C2=O. The van der Waals surface area contributed by atoms with Gasteiger partial charge in [-0.2, -0.15) is 15.3 Å². The average molecular weight is 585 g/mol. The van der Waals surface area contributed by atoms with E-state index in [4.69, 9.17) is 19.7 Å². The molecule has 4 aromatic rings. The molecule has 7 rings (SSSR count). The second-order valence-corrected chi connectivity index (χ2v) is 11.9. The molecule has 3 aromatic heterocycles. The van der Waals surface area contributed by atoms with Crippen molar-refractivity contribution >= 4 is 29.0 Å². The smallest absolute Gasteiger partial charge is 0.272 e. The van der Waals surface area contributed by atoms with Gasteiger partial charge in [-0.3, -0.25) is 9.48 Å². The minimum Gasteiger partial charge on any atom is -0.476 e. The van der Waals surface area contributed by atoms with Gasteiger partial charge in [-0.05, 0) is 82.0 Å². The number of hydrogen-bond acceptors (Lipinski definition) is 7. The number of amides is 1. The number of carbonyl (C=O) groups excluding carboxylic acids is 1. The van der Waals surface area contributed by atoms with Crippen molar-refractivity contribution in [2.24, 2.45) is 7.05 Å². The largest absolute Gasteiger partial charge is 0.476 e. The molecule has 1 unspecified atom stereocenters. The Labute approximate surface area is 251 Å². The first-order chi connectivity index (χ1) is 21.0. The van der Waals surface area contributed by atoms with Crippen molar-refractivity contribution in [2.45, 2.75) is 51.8 Å². The van der Waals surface area contributed by atoms with Crippen LogP contribution < -0.4 is 4.74 Å². The number of nitrogens with zero attached hydrogens (tertiary/aromatic N) is 8. The fourth-order valence-corrected chi connectivity index (χ4v) is 6.54. The minimum absolute atomic E-state index is 0.0720. The van der Waals surface area contributed by atoms with Gasteiger partial charge in [0.05, 0.1) is 41.8 Å². The van der Waals surface area contributed by atoms with E-state index in [-0.39, 0.29) is 12.1 Å². The third-order valence-corrected chi connectivity index (χ3v) is 8.98. The maximum absolute atomic E-state index is 14.0. The molecule has 2 bridgehead atoms. The molecule has 1 aromatic carbocycles. The number of aromatic nitrogens is 6. The summed E-state index contributed by atoms with van der Waals surface area (Å²) in [6.45, 7) is 7.23. The topological polar surface area (TPSA) is 95.5 Å². The van der Waals surface area contributed by atoms with Crippen LogP contribution >= 0.6 is 0 Å². The highest BCUT2D eigenvalue weighted by Gasteiger charge is 2.26. The van der Waals surface area contributed by atoms with Crippen LogP contribution in [0.4, 0.5) is 0 Å². The molecule has 43 heavy (non-hydrogen) atoms. The molecule has 0 radical (unpaired) electrons. The summed E-state index contributed by atoms with van der Waals surface area (Å²) in [4.78, 5) is 18.2. The van der Waals surface area contributed by atoms with Crippen LogP contribution in [-0.4, -0.2) is 91.5 Å². The fraction of sp³-hybridized carbons (Fsp3) is 0.500. The Morgan fingerprint density at radius 2 is 1.84 bits per heavy atom. The van der Waals surface area contributed by atoms with Gasteiger partial charge in [0.2, 0.25) is 5.88 Å². The highest BCUT2D eigenvalue weighted by atomic mass is 16.5. The van der Waals surface area contributed by atoms with E-state index in [1.807, 2.05) is 48.7 Å². The Morgan fingerprint density at radius 1 is 0.977 bits per heavy atom. The normalized spacial score (nSPS) is 20.6. The summed E-state index contributed by atoms with van der Waals surface area (Å²) in [5.41, 5.74) is 6.00. The van der Waals surface area contributed by atoms with Crippen molar-refractivity contribution < 1.29 is 14.3 Å². The number of likely N-dealkylation sites (tertiary alicyclic amines) is 1. The van der Waals surface area contributed by atoms with Gasteiger partial charge in [-0.1, -0.05) is 6.07 Å². The number of ether oxygens (including phenoxy) is 2. The molecular formula is C32H40N8O3. The maximum Gasteiger partial charge on any atom is 0.272 e. The van der Waals surface area contributed by atoms with E-state index in [0.29, 0.717) is 31.3 Å². The lowest BCUT2D eigenvalue weighted by Gasteiger charge is -2.23. The second-order valence-electron chi connectivity index (χ2n) is 11.9. The summed E-state index contributed by atoms with van der Waals surface area (Å²) >= 11 is 0. The Hall–Kier alpha value is -3.96. The molecule has 0 saturated carbocycles. The van der Waals surface area contributed by atoms with Crippen molar-refractivity contribution in [1.82, 2.24) is 39.1 Å². The van der Waals surface area contributed by atoms with E-state index in [9.17, 15) is 4.79 Å². The van der Waals surface area contributed by atoms with Gasteiger partial charge < -0.3 is 19.3 Å². The third-order valence-electron chi connectivity index (χ3n) is 8.98. The van der Waals surface area contributed by atoms with Crippen LogP contribution in [0.5, 0.6) is 5.88 Å². The van der Waals surface area contributed by atoms with E-state index in [1.165, 1.54) is 12.8 Å². The first-order valence-corrected chi connectivity index (χ1v) is 15.5. The van der Waals surface area contributed by atoms with Gasteiger partial charge in [0, 0.05) is 38.2 Å². The van der Waals surface area contributed by atoms with E-state index >= 15 is 0 Å². The summed E-state index contributed by atoms with van der Waals surface area (Å²) in [6, 6.07) is 6.38. The molecule has 0 N–H and O–H groups in total. The predicted molar refractivity (Wildman–Crippen MR) is 165 cm³/mol. The van der Waals surface area contributed by atoms with Crippen LogP contribution in [0.3, 0.4) is 0 Å². The summed E-state index contributed by atoms with van der Waals surface area (Å²) in [7, 11) is 3.70. The molecule has 2 fully saturated rings. The van der Waals surface area contributed by atoms with Gasteiger partial charge in [-0.15, -0.1) is 0 Å². The average Bonchev–Trinajstić information content (AvgIpc) is 3.81. The number of benzene rings is 1. The monoisotopic (exact) mass is 584 g/mol. The summed E-state index contributed by atoms with van der Waals surface area (Å²) in [6.07, 6.45) is 11.3. The molecule has 226 valence electrons. The summed E-state index contributed by atoms with van der Waals surface area (Å²) in [5.74, 6) is 0.597. The molecule has 1 amide bonds. The molecule has 0 aliphatic carbocycles. The van der Waals surface area contributed by atoms with Gasteiger partial charge >= 0.3 is 0 Å². The Balaban J connectivity index is 1.36. The van der Waals surface area contributed by atoms with Crippen molar-refractivity contribution in [2.75, 3.05) is 46.4 Å². The van der Waals surface area contributed by atoms with Gasteiger partial charge in [-0.25, -0.2) is 9.36 Å². The lowest BCUT2D eigenvalue weighted by atomic mass is 10.0. The number of fused-ring (bicyclic) bond motifs is 4. The molecule has 1 atom stereocenters. The molecule has 11 heteroatoms. The molecular weight excluding hydrogens is 544 g/mol. The predicted octanol–water partition coefficient (Wildman–Crippen LogP) is 4.37. The van der Waals surface area contributed by atoms with Crippen molar-refractivity contribution in [1.29, 1.82) is 0 Å². The van der Waals surface area contributed by atoms with E-state index < -0.39 is 0 Å². The standard InChI is InChI=1S/C32H40N8O3/c1-22-24-10-11-27-25-20-23(9-12-28(25)40(35-27)29-8-4-7-18-42-29)26-21-33-37(3)32(26)43-19-17-36(2)31(41)30(24)39(34-22)16-15-38-13-5-6-14-38/h9-12,20-21,29H,4-8,13-19H2,1-3H3/b11-10+. The van der Waals surface area contributed by atoms with Crippen molar-refractivity contribution in [3.8, 4) is 17.0 Å². The molecule has 0 spiro atoms. The lowest BCUT2D eigenvalue weighted by molar-refractivity contribution is -0.0367. The van der Waals surface area contributed by atoms with Crippen LogP contribution in [0.15, 0.2) is 24.4 Å². The highest BCUT2D eigenvalue weighted by Crippen LogP contribution is 2.35. The molecule has 3 aliphatic rings. The zero-order chi connectivity index (χ0) is 29.5. The summed E-state index contributed by atoms with van der Waals surface area (Å²) < 4.78 is 18.1. The number of aryl methyl sites for hydroxylation is 2. The van der Waals surface area contributed by atoms with E-state index in [2.05, 4.69) is 28.2 Å². The van der Waals surface area contributed by atoms with E-state index in [0.717, 1.165) is 84.5 Å². The van der Waals surface area contributed by atoms with Crippen LogP contribution in [0.25, 0.3) is 34.2 Å². The number of likely N-dealkylation sites (N-methyl/N-ethyl adjacent to an activating group) is 1. The molecule has 6 heterocycles. The Kier molecular flexibility index (Phi) is 7.52. The molecule has 11 nitrogen and oxygen atoms in total. The number of hydrogen-bond donors (Lipinski definition) is 0. The highest BCUT2D eigenvalue weighted by molar-refractivity contribution is 5.99. The number of carbonyl (C=O) groups is 1. The fourth-order valence-electron chi connectivity index (χ4n) is 6.54. The zero-order valence-electron chi connectivity index (χ0n) is 25.3. The van der Waals surface area contributed by atoms with Crippen molar-refractivity contribution in [3.63, 3.8) is 0 Å². The van der Waals surface area contributed by atoms with Crippen LogP contribution in [-0.2, 0) is 18.3 Å². The van der Waals surface area contributed by atoms with Gasteiger partial charge in [0.1, 0.15) is 12.3 Å². The van der Waals surface area contributed by atoms with Crippen LogP contribution in [0.1, 0.15) is 65.8 Å². The van der Waals surface area contributed by atoms with Gasteiger partial charge in [0.15, 0.2) is 6.23 Å². The molecule has 3 aliphatic heterocycles. The Morgan fingerprint density at radius 3 is 2.65 bits per heavy atom. The number of rotatable bonds is 4. The summed E-state index contributed by atoms with van der Waals surface area (Å²) in [5, 5.41) is 15.5. The molecule has 2 saturated heterocycles.